The van der Waals surface area contributed by atoms with Crippen molar-refractivity contribution in [3.8, 4) is 0 Å². The van der Waals surface area contributed by atoms with Gasteiger partial charge in [0.1, 0.15) is 0 Å². The minimum absolute atomic E-state index is 0.0130. The number of hydrogen-bond donors (Lipinski definition) is 2. The number of carbonyl (C=O) groups is 2. The van der Waals surface area contributed by atoms with Gasteiger partial charge in [-0.3, -0.25) is 9.59 Å². The normalized spacial score (nSPS) is 17.8. The summed E-state index contributed by atoms with van der Waals surface area (Å²) in [5.41, 5.74) is 6.29. The molecule has 5 nitrogen and oxygen atoms in total. The summed E-state index contributed by atoms with van der Waals surface area (Å²) in [7, 11) is 0. The summed E-state index contributed by atoms with van der Waals surface area (Å²) >= 11 is 1.66. The number of nitrogens with zero attached hydrogens (tertiary/aromatic N) is 1. The molecule has 0 bridgehead atoms. The van der Waals surface area contributed by atoms with Crippen LogP contribution < -0.4 is 16.0 Å². The fourth-order valence-electron chi connectivity index (χ4n) is 2.52. The number of benzene rings is 1. The molecule has 22 heavy (non-hydrogen) atoms. The van der Waals surface area contributed by atoms with Gasteiger partial charge >= 0.3 is 0 Å². The Morgan fingerprint density at radius 2 is 2.09 bits per heavy atom. The molecule has 0 aromatic heterocycles. The molecule has 2 amide bonds. The van der Waals surface area contributed by atoms with Gasteiger partial charge in [-0.25, -0.2) is 0 Å². The first kappa shape index (κ1) is 16.8. The number of carbonyl (C=O) groups excluding carboxylic acids is 2. The fraction of sp³-hybridized carbons (Fsp3) is 0.500. The third-order valence-corrected chi connectivity index (χ3v) is 4.55. The average Bonchev–Trinajstić information content (AvgIpc) is 2.93. The molecule has 1 aromatic carbocycles. The molecule has 120 valence electrons. The largest absolute Gasteiger partial charge is 0.356 e. The molecule has 1 unspecified atom stereocenters. The molecule has 0 saturated carbocycles. The van der Waals surface area contributed by atoms with Crippen LogP contribution in [-0.2, 0) is 9.59 Å². The molecule has 3 N–H and O–H groups in total. The summed E-state index contributed by atoms with van der Waals surface area (Å²) in [6.45, 7) is 1.72. The van der Waals surface area contributed by atoms with Gasteiger partial charge in [-0.05, 0) is 49.9 Å². The van der Waals surface area contributed by atoms with Crippen LogP contribution in [-0.4, -0.2) is 37.7 Å². The van der Waals surface area contributed by atoms with Crippen molar-refractivity contribution in [3.05, 3.63) is 24.3 Å². The van der Waals surface area contributed by atoms with Crippen molar-refractivity contribution < 1.29 is 9.59 Å². The van der Waals surface area contributed by atoms with E-state index < -0.39 is 0 Å². The number of unbranched alkanes of at least 4 members (excludes halogenated alkanes) is 1. The highest BCUT2D eigenvalue weighted by Gasteiger charge is 2.34. The average molecular weight is 321 g/mol. The number of nitrogens with one attached hydrogen (secondary N) is 1. The first-order chi connectivity index (χ1) is 10.7. The molecule has 1 heterocycles. The van der Waals surface area contributed by atoms with Crippen LogP contribution in [0.3, 0.4) is 0 Å². The zero-order valence-corrected chi connectivity index (χ0v) is 13.7. The highest BCUT2D eigenvalue weighted by atomic mass is 32.2. The van der Waals surface area contributed by atoms with Gasteiger partial charge in [-0.15, -0.1) is 11.8 Å². The Hall–Kier alpha value is -1.53. The monoisotopic (exact) mass is 321 g/mol. The van der Waals surface area contributed by atoms with E-state index in [9.17, 15) is 9.59 Å². The van der Waals surface area contributed by atoms with Gasteiger partial charge in [0.15, 0.2) is 0 Å². The maximum Gasteiger partial charge on any atom is 0.227 e. The number of rotatable bonds is 7. The molecule has 1 aromatic rings. The van der Waals surface area contributed by atoms with Gasteiger partial charge in [0.2, 0.25) is 11.8 Å². The van der Waals surface area contributed by atoms with Crippen LogP contribution >= 0.6 is 11.8 Å². The third kappa shape index (κ3) is 4.24. The smallest absolute Gasteiger partial charge is 0.227 e. The highest BCUT2D eigenvalue weighted by molar-refractivity contribution is 7.98. The van der Waals surface area contributed by atoms with Gasteiger partial charge in [0.05, 0.1) is 5.92 Å². The maximum absolute atomic E-state index is 12.1. The van der Waals surface area contributed by atoms with E-state index in [1.807, 2.05) is 30.5 Å². The van der Waals surface area contributed by atoms with E-state index in [0.717, 1.165) is 23.4 Å². The van der Waals surface area contributed by atoms with E-state index in [0.29, 0.717) is 19.6 Å². The Morgan fingerprint density at radius 1 is 1.36 bits per heavy atom. The van der Waals surface area contributed by atoms with Crippen LogP contribution in [0.15, 0.2) is 29.2 Å². The van der Waals surface area contributed by atoms with Crippen LogP contribution in [0.5, 0.6) is 0 Å². The van der Waals surface area contributed by atoms with Crippen molar-refractivity contribution >= 4 is 29.3 Å². The van der Waals surface area contributed by atoms with Crippen molar-refractivity contribution in [1.82, 2.24) is 5.32 Å². The quantitative estimate of drug-likeness (QED) is 0.591. The minimum atomic E-state index is -0.259. The zero-order valence-electron chi connectivity index (χ0n) is 12.9. The first-order valence-corrected chi connectivity index (χ1v) is 8.80. The summed E-state index contributed by atoms with van der Waals surface area (Å²) < 4.78 is 0. The second-order valence-corrected chi connectivity index (χ2v) is 6.27. The lowest BCUT2D eigenvalue weighted by atomic mass is 10.1. The summed E-state index contributed by atoms with van der Waals surface area (Å²) in [6, 6.07) is 7.86. The van der Waals surface area contributed by atoms with Crippen LogP contribution in [0.2, 0.25) is 0 Å². The van der Waals surface area contributed by atoms with Crippen LogP contribution in [0.1, 0.15) is 19.3 Å². The molecule has 1 aliphatic heterocycles. The molecule has 0 radical (unpaired) electrons. The minimum Gasteiger partial charge on any atom is -0.356 e. The van der Waals surface area contributed by atoms with Gasteiger partial charge in [-0.2, -0.15) is 0 Å². The van der Waals surface area contributed by atoms with Gasteiger partial charge < -0.3 is 16.0 Å². The molecular weight excluding hydrogens is 298 g/mol. The predicted octanol–water partition coefficient (Wildman–Crippen LogP) is 1.62. The second-order valence-electron chi connectivity index (χ2n) is 5.39. The molecule has 1 aliphatic rings. The Bertz CT molecular complexity index is 519. The molecule has 0 aliphatic carbocycles. The van der Waals surface area contributed by atoms with E-state index in [-0.39, 0.29) is 24.2 Å². The number of nitrogens with two attached hydrogens (primary N) is 1. The lowest BCUT2D eigenvalue weighted by Crippen LogP contribution is -2.33. The standard InChI is InChI=1S/C16H23N3O2S/c1-22-14-6-4-13(5-7-14)19-11-12(10-15(19)20)16(21)18-9-3-2-8-17/h4-7,12H,2-3,8-11,17H2,1H3,(H,18,21). The maximum atomic E-state index is 12.1. The summed E-state index contributed by atoms with van der Waals surface area (Å²) in [5.74, 6) is -0.279. The first-order valence-electron chi connectivity index (χ1n) is 7.58. The van der Waals surface area contributed by atoms with Crippen LogP contribution in [0.25, 0.3) is 0 Å². The summed E-state index contributed by atoms with van der Waals surface area (Å²) in [4.78, 5) is 27.1. The molecule has 1 fully saturated rings. The van der Waals surface area contributed by atoms with Gasteiger partial charge in [0.25, 0.3) is 0 Å². The van der Waals surface area contributed by atoms with Crippen molar-refractivity contribution in [2.75, 3.05) is 30.8 Å². The van der Waals surface area contributed by atoms with Gasteiger partial charge in [-0.1, -0.05) is 0 Å². The molecular formula is C16H23N3O2S. The van der Waals surface area contributed by atoms with Crippen molar-refractivity contribution in [1.29, 1.82) is 0 Å². The Kier molecular flexibility index (Phi) is 6.27. The number of anilines is 1. The molecule has 2 rings (SSSR count). The van der Waals surface area contributed by atoms with E-state index >= 15 is 0 Å². The third-order valence-electron chi connectivity index (χ3n) is 3.81. The summed E-state index contributed by atoms with van der Waals surface area (Å²) in [5, 5.41) is 2.89. The van der Waals surface area contributed by atoms with Crippen LogP contribution in [0, 0.1) is 5.92 Å². The molecule has 0 spiro atoms. The van der Waals surface area contributed by atoms with Crippen LogP contribution in [0.4, 0.5) is 5.69 Å². The Balaban J connectivity index is 1.90. The Labute approximate surface area is 135 Å². The number of thioether (sulfide) groups is 1. The van der Waals surface area contributed by atoms with E-state index in [2.05, 4.69) is 5.32 Å². The SMILES string of the molecule is CSc1ccc(N2CC(C(=O)NCCCCN)CC2=O)cc1. The van der Waals surface area contributed by atoms with Gasteiger partial charge in [0, 0.05) is 30.1 Å². The Morgan fingerprint density at radius 3 is 2.73 bits per heavy atom. The van der Waals surface area contributed by atoms with E-state index in [1.165, 1.54) is 0 Å². The topological polar surface area (TPSA) is 75.4 Å². The predicted molar refractivity (Wildman–Crippen MR) is 90.0 cm³/mol. The molecule has 6 heteroatoms. The fourth-order valence-corrected chi connectivity index (χ4v) is 2.93. The number of hydrogen-bond acceptors (Lipinski definition) is 4. The second kappa shape index (κ2) is 8.19. The van der Waals surface area contributed by atoms with E-state index in [4.69, 9.17) is 5.73 Å². The zero-order chi connectivity index (χ0) is 15.9. The molecule has 1 atom stereocenters. The van der Waals surface area contributed by atoms with Crippen molar-refractivity contribution in [3.63, 3.8) is 0 Å². The molecule has 1 saturated heterocycles. The lowest BCUT2D eigenvalue weighted by molar-refractivity contribution is -0.126. The van der Waals surface area contributed by atoms with Crippen molar-refractivity contribution in [2.45, 2.75) is 24.2 Å². The lowest BCUT2D eigenvalue weighted by Gasteiger charge is -2.17. The van der Waals surface area contributed by atoms with E-state index in [1.54, 1.807) is 16.7 Å². The highest BCUT2D eigenvalue weighted by Crippen LogP contribution is 2.27. The number of amides is 2. The van der Waals surface area contributed by atoms with Crippen molar-refractivity contribution in [2.24, 2.45) is 11.7 Å². The summed E-state index contributed by atoms with van der Waals surface area (Å²) in [6.07, 6.45) is 4.08.